The van der Waals surface area contributed by atoms with Gasteiger partial charge in [-0.05, 0) is 38.0 Å². The Balaban J connectivity index is 2.25. The van der Waals surface area contributed by atoms with E-state index in [1.165, 1.54) is 0 Å². The molecular weight excluding hydrogens is 346 g/mol. The zero-order valence-corrected chi connectivity index (χ0v) is 13.4. The number of nitrogens with zero attached hydrogens (tertiary/aromatic N) is 1. The van der Waals surface area contributed by atoms with Crippen LogP contribution in [0, 0.1) is 5.41 Å². The molecule has 1 heterocycles. The first-order valence-electron chi connectivity index (χ1n) is 6.31. The molecule has 1 amide bonds. The molecule has 1 atom stereocenters. The Morgan fingerprint density at radius 2 is 2.15 bits per heavy atom. The van der Waals surface area contributed by atoms with Crippen LogP contribution in [0.1, 0.15) is 30.1 Å². The lowest BCUT2D eigenvalue weighted by molar-refractivity contribution is -0.150. The van der Waals surface area contributed by atoms with Gasteiger partial charge in [-0.15, -0.1) is 0 Å². The largest absolute Gasteiger partial charge is 0.481 e. The molecule has 0 radical (unpaired) electrons. The molecule has 0 spiro atoms. The number of rotatable bonds is 2. The molecule has 1 aromatic carbocycles. The second kappa shape index (κ2) is 5.74. The number of likely N-dealkylation sites (tertiary alicyclic amines) is 1. The summed E-state index contributed by atoms with van der Waals surface area (Å²) >= 11 is 9.37. The predicted molar refractivity (Wildman–Crippen MR) is 80.0 cm³/mol. The lowest BCUT2D eigenvalue weighted by Crippen LogP contribution is -2.48. The summed E-state index contributed by atoms with van der Waals surface area (Å²) < 4.78 is 0.767. The molecule has 0 bridgehead atoms. The van der Waals surface area contributed by atoms with Crippen molar-refractivity contribution in [3.63, 3.8) is 0 Å². The van der Waals surface area contributed by atoms with Crippen molar-refractivity contribution in [1.29, 1.82) is 0 Å². The zero-order chi connectivity index (χ0) is 14.9. The number of piperidine rings is 1. The zero-order valence-electron chi connectivity index (χ0n) is 11.0. The third-order valence-corrected chi connectivity index (χ3v) is 4.48. The molecule has 0 aliphatic carbocycles. The second-order valence-electron chi connectivity index (χ2n) is 5.32. The van der Waals surface area contributed by atoms with E-state index < -0.39 is 11.4 Å². The summed E-state index contributed by atoms with van der Waals surface area (Å²) in [7, 11) is 0. The van der Waals surface area contributed by atoms with Crippen molar-refractivity contribution in [3.8, 4) is 0 Å². The molecule has 1 aromatic rings. The fourth-order valence-corrected chi connectivity index (χ4v) is 2.98. The van der Waals surface area contributed by atoms with Gasteiger partial charge in [0.25, 0.3) is 5.91 Å². The lowest BCUT2D eigenvalue weighted by Gasteiger charge is -2.37. The molecular formula is C14H15BrClNO3. The molecule has 1 aliphatic rings. The van der Waals surface area contributed by atoms with Crippen molar-refractivity contribution in [2.75, 3.05) is 13.1 Å². The van der Waals surface area contributed by atoms with Crippen LogP contribution >= 0.6 is 27.5 Å². The number of benzene rings is 1. The summed E-state index contributed by atoms with van der Waals surface area (Å²) in [4.78, 5) is 25.4. The van der Waals surface area contributed by atoms with Crippen LogP contribution in [0.25, 0.3) is 0 Å². The van der Waals surface area contributed by atoms with Gasteiger partial charge in [0, 0.05) is 17.6 Å². The van der Waals surface area contributed by atoms with Crippen molar-refractivity contribution >= 4 is 39.4 Å². The normalized spacial score (nSPS) is 22.6. The number of carbonyl (C=O) groups excluding carboxylic acids is 1. The molecule has 1 saturated heterocycles. The summed E-state index contributed by atoms with van der Waals surface area (Å²) in [6.45, 7) is 2.45. The number of carbonyl (C=O) groups is 2. The molecule has 0 aromatic heterocycles. The van der Waals surface area contributed by atoms with E-state index in [4.69, 9.17) is 11.6 Å². The minimum Gasteiger partial charge on any atom is -0.481 e. The minimum absolute atomic E-state index is 0.212. The van der Waals surface area contributed by atoms with Crippen molar-refractivity contribution in [2.45, 2.75) is 19.8 Å². The van der Waals surface area contributed by atoms with Crippen LogP contribution in [0.4, 0.5) is 0 Å². The van der Waals surface area contributed by atoms with Gasteiger partial charge in [-0.3, -0.25) is 9.59 Å². The maximum Gasteiger partial charge on any atom is 0.311 e. The van der Waals surface area contributed by atoms with Gasteiger partial charge >= 0.3 is 5.97 Å². The van der Waals surface area contributed by atoms with Gasteiger partial charge in [0.15, 0.2) is 0 Å². The Morgan fingerprint density at radius 1 is 1.45 bits per heavy atom. The van der Waals surface area contributed by atoms with Gasteiger partial charge in [-0.25, -0.2) is 0 Å². The summed E-state index contributed by atoms with van der Waals surface area (Å²) in [6.07, 6.45) is 1.26. The number of aliphatic carboxylic acids is 1. The second-order valence-corrected chi connectivity index (χ2v) is 6.64. The predicted octanol–water partition coefficient (Wildman–Crippen LogP) is 3.43. The summed E-state index contributed by atoms with van der Waals surface area (Å²) in [6, 6.07) is 5.08. The monoisotopic (exact) mass is 359 g/mol. The van der Waals surface area contributed by atoms with Crippen molar-refractivity contribution in [2.24, 2.45) is 5.41 Å². The van der Waals surface area contributed by atoms with Gasteiger partial charge in [0.2, 0.25) is 0 Å². The maximum atomic E-state index is 12.5. The first kappa shape index (κ1) is 15.3. The van der Waals surface area contributed by atoms with Crippen molar-refractivity contribution < 1.29 is 14.7 Å². The highest BCUT2D eigenvalue weighted by molar-refractivity contribution is 9.10. The van der Waals surface area contributed by atoms with Crippen LogP contribution in [0.5, 0.6) is 0 Å². The van der Waals surface area contributed by atoms with Gasteiger partial charge in [-0.2, -0.15) is 0 Å². The lowest BCUT2D eigenvalue weighted by atomic mass is 9.82. The minimum atomic E-state index is -0.883. The van der Waals surface area contributed by atoms with Crippen LogP contribution in [-0.4, -0.2) is 35.0 Å². The first-order chi connectivity index (χ1) is 9.33. The van der Waals surface area contributed by atoms with Crippen molar-refractivity contribution in [3.05, 3.63) is 33.3 Å². The summed E-state index contributed by atoms with van der Waals surface area (Å²) in [5.74, 6) is -1.08. The first-order valence-corrected chi connectivity index (χ1v) is 7.48. The van der Waals surface area contributed by atoms with Crippen LogP contribution < -0.4 is 0 Å². The van der Waals surface area contributed by atoms with Gasteiger partial charge < -0.3 is 10.0 Å². The van der Waals surface area contributed by atoms with E-state index >= 15 is 0 Å². The van der Waals surface area contributed by atoms with Crippen molar-refractivity contribution in [1.82, 2.24) is 4.90 Å². The highest BCUT2D eigenvalue weighted by atomic mass is 79.9. The van der Waals surface area contributed by atoms with Crippen LogP contribution in [0.2, 0.25) is 5.02 Å². The third-order valence-electron chi connectivity index (χ3n) is 3.66. The van der Waals surface area contributed by atoms with E-state index in [0.29, 0.717) is 30.0 Å². The highest BCUT2D eigenvalue weighted by Gasteiger charge is 2.39. The number of halogens is 2. The Hall–Kier alpha value is -1.07. The number of amides is 1. The Morgan fingerprint density at radius 3 is 2.80 bits per heavy atom. The molecule has 1 N–H and O–H groups in total. The van der Waals surface area contributed by atoms with Gasteiger partial charge in [0.1, 0.15) is 0 Å². The molecule has 6 heteroatoms. The van der Waals surface area contributed by atoms with E-state index in [1.54, 1.807) is 30.0 Å². The van der Waals surface area contributed by atoms with Gasteiger partial charge in [-0.1, -0.05) is 27.5 Å². The van der Waals surface area contributed by atoms with E-state index in [2.05, 4.69) is 15.9 Å². The Kier molecular flexibility index (Phi) is 4.39. The Bertz CT molecular complexity index is 563. The molecule has 1 aliphatic heterocycles. The number of carboxylic acid groups (broad SMARTS) is 1. The average Bonchev–Trinajstić information content (AvgIpc) is 2.40. The highest BCUT2D eigenvalue weighted by Crippen LogP contribution is 2.31. The molecule has 4 nitrogen and oxygen atoms in total. The van der Waals surface area contributed by atoms with Crippen LogP contribution in [0.3, 0.4) is 0 Å². The fourth-order valence-electron chi connectivity index (χ4n) is 2.42. The fraction of sp³-hybridized carbons (Fsp3) is 0.429. The third kappa shape index (κ3) is 2.99. The van der Waals surface area contributed by atoms with E-state index in [1.807, 2.05) is 0 Å². The number of carboxylic acids is 1. The Labute approximate surface area is 130 Å². The molecule has 0 saturated carbocycles. The summed E-state index contributed by atoms with van der Waals surface area (Å²) in [5, 5.41) is 9.67. The van der Waals surface area contributed by atoms with E-state index in [-0.39, 0.29) is 12.5 Å². The van der Waals surface area contributed by atoms with E-state index in [9.17, 15) is 14.7 Å². The van der Waals surface area contributed by atoms with E-state index in [0.717, 1.165) is 4.47 Å². The topological polar surface area (TPSA) is 57.6 Å². The SMILES string of the molecule is CC1(C(=O)O)CCCN(C(=O)c2cc(Br)ccc2Cl)C1. The molecule has 1 unspecified atom stereocenters. The maximum absolute atomic E-state index is 12.5. The number of hydrogen-bond donors (Lipinski definition) is 1. The standard InChI is InChI=1S/C14H15BrClNO3/c1-14(13(19)20)5-2-6-17(8-14)12(18)10-7-9(15)3-4-11(10)16/h3-4,7H,2,5-6,8H2,1H3,(H,19,20). The number of hydrogen-bond acceptors (Lipinski definition) is 2. The molecule has 108 valence electrons. The molecule has 1 fully saturated rings. The van der Waals surface area contributed by atoms with Gasteiger partial charge in [0.05, 0.1) is 16.0 Å². The summed E-state index contributed by atoms with van der Waals surface area (Å²) in [5.41, 5.74) is -0.484. The molecule has 2 rings (SSSR count). The van der Waals surface area contributed by atoms with Crippen LogP contribution in [-0.2, 0) is 4.79 Å². The van der Waals surface area contributed by atoms with Crippen LogP contribution in [0.15, 0.2) is 22.7 Å². The smallest absolute Gasteiger partial charge is 0.311 e. The molecule has 20 heavy (non-hydrogen) atoms. The average molecular weight is 361 g/mol. The quantitative estimate of drug-likeness (QED) is 0.879.